The predicted molar refractivity (Wildman–Crippen MR) is 96.7 cm³/mol. The first-order valence-corrected chi connectivity index (χ1v) is 8.06. The van der Waals surface area contributed by atoms with E-state index < -0.39 is 0 Å². The van der Waals surface area contributed by atoms with Crippen LogP contribution >= 0.6 is 0 Å². The lowest BCUT2D eigenvalue weighted by Crippen LogP contribution is -2.22. The van der Waals surface area contributed by atoms with Gasteiger partial charge in [0.05, 0.1) is 6.04 Å². The van der Waals surface area contributed by atoms with Crippen molar-refractivity contribution in [2.45, 2.75) is 65.3 Å². The quantitative estimate of drug-likeness (QED) is 0.779. The molecule has 1 unspecified atom stereocenters. The van der Waals surface area contributed by atoms with E-state index in [-0.39, 0.29) is 16.9 Å². The van der Waals surface area contributed by atoms with Gasteiger partial charge in [0, 0.05) is 0 Å². The second kappa shape index (κ2) is 6.45. The number of aromatic hydroxyl groups is 1. The number of allylic oxidation sites excluding steroid dienone is 1. The fourth-order valence-corrected chi connectivity index (χ4v) is 2.73. The van der Waals surface area contributed by atoms with Crippen molar-refractivity contribution in [3.8, 4) is 5.75 Å². The van der Waals surface area contributed by atoms with Gasteiger partial charge in [-0.15, -0.1) is 0 Å². The van der Waals surface area contributed by atoms with Gasteiger partial charge in [0.25, 0.3) is 0 Å². The normalized spacial score (nSPS) is 14.8. The molecule has 1 aromatic carbocycles. The first kappa shape index (κ1) is 18.8. The number of nitrogens with zero attached hydrogens (tertiary/aromatic N) is 1. The van der Waals surface area contributed by atoms with Crippen LogP contribution in [0.4, 0.5) is 0 Å². The summed E-state index contributed by atoms with van der Waals surface area (Å²) in [7, 11) is 4.18. The minimum absolute atomic E-state index is 0.0904. The number of phenols is 1. The first-order chi connectivity index (χ1) is 9.89. The van der Waals surface area contributed by atoms with E-state index in [1.54, 1.807) is 0 Å². The molecule has 1 rings (SSSR count). The molecule has 0 aliphatic rings. The van der Waals surface area contributed by atoms with Gasteiger partial charge in [-0.05, 0) is 60.7 Å². The van der Waals surface area contributed by atoms with Gasteiger partial charge in [-0.2, -0.15) is 0 Å². The Morgan fingerprint density at radius 3 is 1.64 bits per heavy atom. The Hall–Kier alpha value is -1.28. The van der Waals surface area contributed by atoms with Crippen LogP contribution in [0.2, 0.25) is 0 Å². The molecule has 0 aromatic heterocycles. The zero-order valence-corrected chi connectivity index (χ0v) is 15.8. The number of rotatable bonds is 3. The van der Waals surface area contributed by atoms with E-state index in [1.807, 2.05) is 6.92 Å². The maximum absolute atomic E-state index is 10.8. The average molecular weight is 303 g/mol. The molecule has 0 fully saturated rings. The average Bonchev–Trinajstić information content (AvgIpc) is 2.33. The van der Waals surface area contributed by atoms with Gasteiger partial charge in [0.1, 0.15) is 5.75 Å². The molecular formula is C20H33NO. The number of likely N-dealkylation sites (N-methyl/N-ethyl adjacent to an activating group) is 1. The van der Waals surface area contributed by atoms with Crippen LogP contribution in [0.3, 0.4) is 0 Å². The van der Waals surface area contributed by atoms with Gasteiger partial charge in [0.2, 0.25) is 0 Å². The summed E-state index contributed by atoms with van der Waals surface area (Å²) >= 11 is 0. The molecule has 0 saturated heterocycles. The van der Waals surface area contributed by atoms with Crippen molar-refractivity contribution < 1.29 is 5.11 Å². The highest BCUT2D eigenvalue weighted by molar-refractivity contribution is 5.51. The van der Waals surface area contributed by atoms with Crippen molar-refractivity contribution in [1.82, 2.24) is 4.90 Å². The molecule has 22 heavy (non-hydrogen) atoms. The third-order valence-corrected chi connectivity index (χ3v) is 4.02. The maximum atomic E-state index is 10.8. The van der Waals surface area contributed by atoms with E-state index in [2.05, 4.69) is 84.8 Å². The monoisotopic (exact) mass is 303 g/mol. The Bertz CT molecular complexity index is 507. The van der Waals surface area contributed by atoms with E-state index in [0.29, 0.717) is 5.75 Å². The molecule has 124 valence electrons. The van der Waals surface area contributed by atoms with E-state index in [1.165, 1.54) is 5.56 Å². The van der Waals surface area contributed by atoms with Crippen molar-refractivity contribution in [1.29, 1.82) is 0 Å². The molecule has 1 atom stereocenters. The van der Waals surface area contributed by atoms with Gasteiger partial charge in [-0.1, -0.05) is 53.7 Å². The van der Waals surface area contributed by atoms with Gasteiger partial charge < -0.3 is 5.11 Å². The van der Waals surface area contributed by atoms with Crippen LogP contribution in [0, 0.1) is 0 Å². The molecular weight excluding hydrogens is 270 g/mol. The maximum Gasteiger partial charge on any atom is 0.123 e. The van der Waals surface area contributed by atoms with Crippen LogP contribution in [0.5, 0.6) is 5.75 Å². The fourth-order valence-electron chi connectivity index (χ4n) is 2.73. The minimum Gasteiger partial charge on any atom is -0.507 e. The molecule has 0 radical (unpaired) electrons. The molecule has 0 bridgehead atoms. The second-order valence-corrected chi connectivity index (χ2v) is 8.40. The summed E-state index contributed by atoms with van der Waals surface area (Å²) in [6.07, 6.45) is 4.29. The Morgan fingerprint density at radius 2 is 1.36 bits per heavy atom. The summed E-state index contributed by atoms with van der Waals surface area (Å²) in [6.45, 7) is 15.0. The number of hydrogen-bond donors (Lipinski definition) is 1. The molecule has 0 amide bonds. The lowest BCUT2D eigenvalue weighted by molar-refractivity contribution is 0.348. The highest BCUT2D eigenvalue weighted by Gasteiger charge is 2.28. The largest absolute Gasteiger partial charge is 0.507 e. The standard InChI is InChI=1S/C20H33NO/c1-10-11-17(21(8)9)14-12-15(19(2,3)4)18(22)16(13-14)20(5,6)7/h10-13,17,22H,1-9H3/b11-10+. The third-order valence-electron chi connectivity index (χ3n) is 4.02. The van der Waals surface area contributed by atoms with Crippen molar-refractivity contribution in [3.05, 3.63) is 41.0 Å². The minimum atomic E-state index is -0.0904. The zero-order valence-electron chi connectivity index (χ0n) is 15.8. The topological polar surface area (TPSA) is 23.5 Å². The fraction of sp³-hybridized carbons (Fsp3) is 0.600. The molecule has 0 saturated carbocycles. The number of benzene rings is 1. The van der Waals surface area contributed by atoms with Gasteiger partial charge in [-0.25, -0.2) is 0 Å². The highest BCUT2D eigenvalue weighted by Crippen LogP contribution is 2.41. The lowest BCUT2D eigenvalue weighted by Gasteiger charge is -2.31. The van der Waals surface area contributed by atoms with Crippen LogP contribution in [-0.2, 0) is 10.8 Å². The molecule has 0 aliphatic carbocycles. The third kappa shape index (κ3) is 4.13. The second-order valence-electron chi connectivity index (χ2n) is 8.40. The molecule has 0 aliphatic heterocycles. The van der Waals surface area contributed by atoms with Crippen LogP contribution in [0.1, 0.15) is 71.2 Å². The zero-order chi connectivity index (χ0) is 17.3. The Kier molecular flexibility index (Phi) is 5.51. The number of hydrogen-bond acceptors (Lipinski definition) is 2. The van der Waals surface area contributed by atoms with Crippen LogP contribution in [-0.4, -0.2) is 24.1 Å². The molecule has 0 heterocycles. The van der Waals surface area contributed by atoms with Crippen molar-refractivity contribution in [3.63, 3.8) is 0 Å². The van der Waals surface area contributed by atoms with Gasteiger partial charge >= 0.3 is 0 Å². The molecule has 1 aromatic rings. The molecule has 2 heteroatoms. The van der Waals surface area contributed by atoms with E-state index >= 15 is 0 Å². The molecule has 1 N–H and O–H groups in total. The Morgan fingerprint density at radius 1 is 0.955 bits per heavy atom. The predicted octanol–water partition coefficient (Wildman–Crippen LogP) is 5.17. The van der Waals surface area contributed by atoms with Gasteiger partial charge in [0.15, 0.2) is 0 Å². The van der Waals surface area contributed by atoms with Crippen molar-refractivity contribution in [2.75, 3.05) is 14.1 Å². The summed E-state index contributed by atoms with van der Waals surface area (Å²) in [4.78, 5) is 2.20. The SMILES string of the molecule is C/C=C/C(c1cc(C(C)(C)C)c(O)c(C(C)(C)C)c1)N(C)C. The van der Waals surface area contributed by atoms with Crippen molar-refractivity contribution in [2.24, 2.45) is 0 Å². The smallest absolute Gasteiger partial charge is 0.123 e. The van der Waals surface area contributed by atoms with E-state index in [0.717, 1.165) is 11.1 Å². The summed E-state index contributed by atoms with van der Waals surface area (Å²) in [5, 5.41) is 10.8. The van der Waals surface area contributed by atoms with Crippen LogP contribution < -0.4 is 0 Å². The number of phenolic OH excluding ortho intramolecular Hbond substituents is 1. The summed E-state index contributed by atoms with van der Waals surface area (Å²) < 4.78 is 0. The van der Waals surface area contributed by atoms with Crippen molar-refractivity contribution >= 4 is 0 Å². The summed E-state index contributed by atoms with van der Waals surface area (Å²) in [5.41, 5.74) is 3.09. The van der Waals surface area contributed by atoms with Crippen LogP contribution in [0.15, 0.2) is 24.3 Å². The molecule has 0 spiro atoms. The lowest BCUT2D eigenvalue weighted by atomic mass is 9.77. The Balaban J connectivity index is 3.67. The Labute approximate surface area is 136 Å². The summed E-state index contributed by atoms with van der Waals surface area (Å²) in [5.74, 6) is 0.446. The first-order valence-electron chi connectivity index (χ1n) is 8.06. The van der Waals surface area contributed by atoms with E-state index in [9.17, 15) is 5.11 Å². The van der Waals surface area contributed by atoms with Gasteiger partial charge in [-0.3, -0.25) is 4.90 Å². The summed E-state index contributed by atoms with van der Waals surface area (Å²) in [6, 6.07) is 4.54. The molecule has 2 nitrogen and oxygen atoms in total. The van der Waals surface area contributed by atoms with E-state index in [4.69, 9.17) is 0 Å². The highest BCUT2D eigenvalue weighted by atomic mass is 16.3. The van der Waals surface area contributed by atoms with Crippen LogP contribution in [0.25, 0.3) is 0 Å².